The molecule has 0 unspecified atom stereocenters. The van der Waals surface area contributed by atoms with Gasteiger partial charge in [-0.3, -0.25) is 4.79 Å². The number of aromatic nitrogens is 1. The van der Waals surface area contributed by atoms with Crippen LogP contribution < -0.4 is 0 Å². The molecule has 1 saturated heterocycles. The number of hydrogen-bond donors (Lipinski definition) is 0. The molecule has 116 valence electrons. The van der Waals surface area contributed by atoms with Crippen LogP contribution in [-0.2, 0) is 0 Å². The minimum atomic E-state index is -0.0426. The van der Waals surface area contributed by atoms with Crippen molar-refractivity contribution in [2.75, 3.05) is 6.54 Å². The predicted octanol–water partition coefficient (Wildman–Crippen LogP) is 3.90. The maximum absolute atomic E-state index is 12.9. The van der Waals surface area contributed by atoms with Crippen molar-refractivity contribution in [1.82, 2.24) is 10.1 Å². The number of carbonyl (C=O) groups excluding carboxylic acids is 1. The van der Waals surface area contributed by atoms with E-state index in [1.165, 1.54) is 0 Å². The van der Waals surface area contributed by atoms with Crippen LogP contribution >= 0.6 is 0 Å². The van der Waals surface area contributed by atoms with Gasteiger partial charge >= 0.3 is 0 Å². The molecule has 3 heterocycles. The fourth-order valence-corrected chi connectivity index (χ4v) is 3.23. The van der Waals surface area contributed by atoms with Crippen molar-refractivity contribution in [3.8, 4) is 0 Å². The number of rotatable bonds is 3. The van der Waals surface area contributed by atoms with Gasteiger partial charge in [0.05, 0.1) is 12.3 Å². The number of amides is 1. The van der Waals surface area contributed by atoms with E-state index in [4.69, 9.17) is 8.94 Å². The van der Waals surface area contributed by atoms with Crippen molar-refractivity contribution >= 4 is 5.91 Å². The van der Waals surface area contributed by atoms with E-state index >= 15 is 0 Å². The number of furan rings is 1. The average Bonchev–Trinajstić information content (AvgIpc) is 3.11. The second kappa shape index (κ2) is 5.63. The first kappa shape index (κ1) is 13.6. The number of likely N-dealkylation sites (tertiary alicyclic amines) is 1. The van der Waals surface area contributed by atoms with E-state index in [0.29, 0.717) is 11.6 Å². The minimum Gasteiger partial charge on any atom is -0.467 e. The zero-order valence-corrected chi connectivity index (χ0v) is 12.5. The maximum Gasteiger partial charge on any atom is 0.276 e. The van der Waals surface area contributed by atoms with Crippen molar-refractivity contribution in [3.63, 3.8) is 0 Å². The van der Waals surface area contributed by atoms with Gasteiger partial charge in [0, 0.05) is 18.5 Å². The molecule has 1 aliphatic heterocycles. The molecule has 2 aliphatic rings. The normalized spacial score (nSPS) is 22.5. The van der Waals surface area contributed by atoms with E-state index in [9.17, 15) is 4.79 Å². The van der Waals surface area contributed by atoms with E-state index in [0.717, 1.165) is 56.6 Å². The van der Waals surface area contributed by atoms with Crippen LogP contribution in [-0.4, -0.2) is 22.5 Å². The molecule has 2 fully saturated rings. The molecule has 5 heteroatoms. The predicted molar refractivity (Wildman–Crippen MR) is 79.4 cm³/mol. The Labute approximate surface area is 129 Å². The van der Waals surface area contributed by atoms with E-state index in [1.54, 1.807) is 6.26 Å². The van der Waals surface area contributed by atoms with Gasteiger partial charge in [-0.1, -0.05) is 18.0 Å². The van der Waals surface area contributed by atoms with Crippen molar-refractivity contribution < 1.29 is 13.7 Å². The summed E-state index contributed by atoms with van der Waals surface area (Å²) < 4.78 is 10.9. The van der Waals surface area contributed by atoms with Gasteiger partial charge < -0.3 is 13.8 Å². The average molecular weight is 300 g/mol. The van der Waals surface area contributed by atoms with Crippen molar-refractivity contribution in [3.05, 3.63) is 41.7 Å². The summed E-state index contributed by atoms with van der Waals surface area (Å²) in [6, 6.07) is 5.66. The summed E-state index contributed by atoms with van der Waals surface area (Å²) >= 11 is 0. The van der Waals surface area contributed by atoms with Crippen LogP contribution in [0.5, 0.6) is 0 Å². The fourth-order valence-electron chi connectivity index (χ4n) is 3.23. The number of hydrogen-bond acceptors (Lipinski definition) is 4. The lowest BCUT2D eigenvalue weighted by atomic mass is 10.1. The van der Waals surface area contributed by atoms with Crippen LogP contribution in [0.1, 0.15) is 72.5 Å². The molecule has 4 rings (SSSR count). The summed E-state index contributed by atoms with van der Waals surface area (Å²) in [6.07, 6.45) is 8.17. The highest BCUT2D eigenvalue weighted by Gasteiger charge is 2.33. The molecule has 0 N–H and O–H groups in total. The summed E-state index contributed by atoms with van der Waals surface area (Å²) in [6.45, 7) is 0.746. The van der Waals surface area contributed by atoms with Gasteiger partial charge in [-0.25, -0.2) is 0 Å². The van der Waals surface area contributed by atoms with Gasteiger partial charge in [0.1, 0.15) is 11.5 Å². The van der Waals surface area contributed by atoms with Crippen LogP contribution in [0.3, 0.4) is 0 Å². The molecule has 2 aromatic heterocycles. The molecule has 1 aliphatic carbocycles. The molecule has 22 heavy (non-hydrogen) atoms. The molecule has 0 aromatic carbocycles. The lowest BCUT2D eigenvalue weighted by Crippen LogP contribution is -2.34. The lowest BCUT2D eigenvalue weighted by Gasteiger charge is -2.27. The summed E-state index contributed by atoms with van der Waals surface area (Å²) in [7, 11) is 0. The molecule has 0 bridgehead atoms. The zero-order valence-electron chi connectivity index (χ0n) is 12.5. The van der Waals surface area contributed by atoms with Gasteiger partial charge in [-0.05, 0) is 37.8 Å². The van der Waals surface area contributed by atoms with Gasteiger partial charge in [0.2, 0.25) is 0 Å². The van der Waals surface area contributed by atoms with Gasteiger partial charge in [0.15, 0.2) is 5.69 Å². The van der Waals surface area contributed by atoms with Crippen molar-refractivity contribution in [2.45, 2.75) is 50.5 Å². The van der Waals surface area contributed by atoms with Gasteiger partial charge in [-0.2, -0.15) is 0 Å². The SMILES string of the molecule is O=C(c1cc(C2CC2)on1)N1CCCCC[C@H]1c1ccco1. The standard InChI is InChI=1S/C17H20N2O3/c20-17(13-11-16(22-18-13)12-7-8-12)19-9-3-1-2-5-14(19)15-6-4-10-21-15/h4,6,10-12,14H,1-3,5,7-9H2/t14-/m0/s1. The highest BCUT2D eigenvalue weighted by atomic mass is 16.5. The topological polar surface area (TPSA) is 59.5 Å². The smallest absolute Gasteiger partial charge is 0.276 e. The van der Waals surface area contributed by atoms with E-state index in [2.05, 4.69) is 5.16 Å². The van der Waals surface area contributed by atoms with Crippen LogP contribution in [0, 0.1) is 0 Å². The lowest BCUT2D eigenvalue weighted by molar-refractivity contribution is 0.0647. The molecule has 2 aromatic rings. The molecule has 1 saturated carbocycles. The van der Waals surface area contributed by atoms with E-state index < -0.39 is 0 Å². The first-order valence-electron chi connectivity index (χ1n) is 8.14. The maximum atomic E-state index is 12.9. The molecular formula is C17H20N2O3. The first-order valence-corrected chi connectivity index (χ1v) is 8.14. The van der Waals surface area contributed by atoms with Gasteiger partial charge in [0.25, 0.3) is 5.91 Å². The fraction of sp³-hybridized carbons (Fsp3) is 0.529. The highest BCUT2D eigenvalue weighted by molar-refractivity contribution is 5.92. The van der Waals surface area contributed by atoms with E-state index in [-0.39, 0.29) is 11.9 Å². The quantitative estimate of drug-likeness (QED) is 0.862. The Balaban J connectivity index is 1.59. The third-order valence-electron chi connectivity index (χ3n) is 4.61. The Morgan fingerprint density at radius 2 is 2.09 bits per heavy atom. The van der Waals surface area contributed by atoms with Crippen molar-refractivity contribution in [2.24, 2.45) is 0 Å². The largest absolute Gasteiger partial charge is 0.467 e. The molecular weight excluding hydrogens is 280 g/mol. The highest BCUT2D eigenvalue weighted by Crippen LogP contribution is 2.40. The second-order valence-electron chi connectivity index (χ2n) is 6.27. The Bertz CT molecular complexity index is 643. The monoisotopic (exact) mass is 300 g/mol. The van der Waals surface area contributed by atoms with Crippen LogP contribution in [0.2, 0.25) is 0 Å². The third kappa shape index (κ3) is 2.56. The summed E-state index contributed by atoms with van der Waals surface area (Å²) in [5.41, 5.74) is 0.431. The Morgan fingerprint density at radius 3 is 2.86 bits per heavy atom. The van der Waals surface area contributed by atoms with Crippen LogP contribution in [0.4, 0.5) is 0 Å². The summed E-state index contributed by atoms with van der Waals surface area (Å²) in [5, 5.41) is 4.00. The first-order chi connectivity index (χ1) is 10.8. The summed E-state index contributed by atoms with van der Waals surface area (Å²) in [4.78, 5) is 14.8. The van der Waals surface area contributed by atoms with Gasteiger partial charge in [-0.15, -0.1) is 0 Å². The second-order valence-corrected chi connectivity index (χ2v) is 6.27. The summed E-state index contributed by atoms with van der Waals surface area (Å²) in [5.74, 6) is 2.15. The Kier molecular flexibility index (Phi) is 3.48. The van der Waals surface area contributed by atoms with Crippen LogP contribution in [0.25, 0.3) is 0 Å². The third-order valence-corrected chi connectivity index (χ3v) is 4.61. The molecule has 5 nitrogen and oxygen atoms in total. The van der Waals surface area contributed by atoms with E-state index in [1.807, 2.05) is 23.1 Å². The molecule has 1 amide bonds. The molecule has 1 atom stereocenters. The Hall–Kier alpha value is -2.04. The number of nitrogens with zero attached hydrogens (tertiary/aromatic N) is 2. The number of carbonyl (C=O) groups is 1. The molecule has 0 spiro atoms. The molecule has 0 radical (unpaired) electrons. The van der Waals surface area contributed by atoms with Crippen LogP contribution in [0.15, 0.2) is 33.4 Å². The van der Waals surface area contributed by atoms with Crippen molar-refractivity contribution in [1.29, 1.82) is 0 Å². The minimum absolute atomic E-state index is 0.00562. The zero-order chi connectivity index (χ0) is 14.9. The Morgan fingerprint density at radius 1 is 1.18 bits per heavy atom.